The summed E-state index contributed by atoms with van der Waals surface area (Å²) in [5, 5.41) is 6.56. The molecule has 2 aromatic heterocycles. The molecule has 1 saturated heterocycles. The van der Waals surface area contributed by atoms with Gasteiger partial charge in [-0.3, -0.25) is 0 Å². The fraction of sp³-hybridized carbons (Fsp3) is 0.538. The first-order valence-electron chi connectivity index (χ1n) is 6.79. The van der Waals surface area contributed by atoms with Gasteiger partial charge in [0.1, 0.15) is 10.6 Å². The van der Waals surface area contributed by atoms with E-state index in [4.69, 9.17) is 5.73 Å². The standard InChI is InChI=1S/C13H19N5S/c1-2-3-9-8-19-12-10(9)11(14)16-13(17-12)18-6-4-15-5-7-18/h8,15H,2-7H2,1H3,(H2,14,16,17). The highest BCUT2D eigenvalue weighted by molar-refractivity contribution is 7.17. The molecule has 3 rings (SSSR count). The molecule has 5 nitrogen and oxygen atoms in total. The molecule has 1 aliphatic rings. The molecule has 3 heterocycles. The zero-order valence-corrected chi connectivity index (χ0v) is 12.0. The first-order chi connectivity index (χ1) is 9.29. The molecule has 0 saturated carbocycles. The lowest BCUT2D eigenvalue weighted by Gasteiger charge is -2.27. The SMILES string of the molecule is CCCc1csc2nc(N3CCNCC3)nc(N)c12. The van der Waals surface area contributed by atoms with E-state index < -0.39 is 0 Å². The van der Waals surface area contributed by atoms with Crippen LogP contribution in [-0.2, 0) is 6.42 Å². The highest BCUT2D eigenvalue weighted by Gasteiger charge is 2.17. The predicted molar refractivity (Wildman–Crippen MR) is 80.9 cm³/mol. The largest absolute Gasteiger partial charge is 0.383 e. The van der Waals surface area contributed by atoms with Crippen LogP contribution >= 0.6 is 11.3 Å². The molecule has 0 aliphatic carbocycles. The Morgan fingerprint density at radius 3 is 2.89 bits per heavy atom. The van der Waals surface area contributed by atoms with Gasteiger partial charge in [0.25, 0.3) is 0 Å². The number of anilines is 2. The number of rotatable bonds is 3. The topological polar surface area (TPSA) is 67.1 Å². The number of hydrogen-bond acceptors (Lipinski definition) is 6. The highest BCUT2D eigenvalue weighted by Crippen LogP contribution is 2.31. The Hall–Kier alpha value is -1.40. The molecule has 0 spiro atoms. The van der Waals surface area contributed by atoms with Gasteiger partial charge in [0.05, 0.1) is 5.39 Å². The summed E-state index contributed by atoms with van der Waals surface area (Å²) in [6.07, 6.45) is 2.16. The number of aryl methyl sites for hydroxylation is 1. The van der Waals surface area contributed by atoms with Crippen LogP contribution in [-0.4, -0.2) is 36.1 Å². The summed E-state index contributed by atoms with van der Waals surface area (Å²) in [7, 11) is 0. The number of nitrogens with two attached hydrogens (primary N) is 1. The summed E-state index contributed by atoms with van der Waals surface area (Å²) in [5.74, 6) is 1.40. The number of nitrogens with one attached hydrogen (secondary N) is 1. The number of hydrogen-bond donors (Lipinski definition) is 2. The van der Waals surface area contributed by atoms with Crippen LogP contribution < -0.4 is 16.0 Å². The predicted octanol–water partition coefficient (Wildman–Crippen LogP) is 1.64. The molecule has 0 aromatic carbocycles. The third-order valence-corrected chi connectivity index (χ3v) is 4.37. The average molecular weight is 277 g/mol. The number of nitrogens with zero attached hydrogens (tertiary/aromatic N) is 3. The first kappa shape index (κ1) is 12.6. The Morgan fingerprint density at radius 1 is 1.37 bits per heavy atom. The van der Waals surface area contributed by atoms with E-state index in [0.29, 0.717) is 5.82 Å². The van der Waals surface area contributed by atoms with Gasteiger partial charge in [0.2, 0.25) is 5.95 Å². The molecule has 3 N–H and O–H groups in total. The van der Waals surface area contributed by atoms with Crippen molar-refractivity contribution in [3.05, 3.63) is 10.9 Å². The van der Waals surface area contributed by atoms with E-state index in [1.54, 1.807) is 11.3 Å². The lowest BCUT2D eigenvalue weighted by atomic mass is 10.1. The van der Waals surface area contributed by atoms with Crippen molar-refractivity contribution >= 4 is 33.3 Å². The first-order valence-corrected chi connectivity index (χ1v) is 7.67. The van der Waals surface area contributed by atoms with Crippen molar-refractivity contribution in [3.63, 3.8) is 0 Å². The van der Waals surface area contributed by atoms with Gasteiger partial charge in [-0.05, 0) is 17.4 Å². The third kappa shape index (κ3) is 2.37. The van der Waals surface area contributed by atoms with E-state index in [9.17, 15) is 0 Å². The lowest BCUT2D eigenvalue weighted by molar-refractivity contribution is 0.581. The van der Waals surface area contributed by atoms with Gasteiger partial charge in [-0.15, -0.1) is 11.3 Å². The Morgan fingerprint density at radius 2 is 2.16 bits per heavy atom. The molecule has 0 amide bonds. The van der Waals surface area contributed by atoms with Gasteiger partial charge >= 0.3 is 0 Å². The lowest BCUT2D eigenvalue weighted by Crippen LogP contribution is -2.44. The Balaban J connectivity index is 2.00. The average Bonchev–Trinajstić information content (AvgIpc) is 2.84. The minimum atomic E-state index is 0.628. The van der Waals surface area contributed by atoms with Crippen LogP contribution in [0.3, 0.4) is 0 Å². The molecule has 0 atom stereocenters. The fourth-order valence-electron chi connectivity index (χ4n) is 2.48. The number of piperazine rings is 1. The van der Waals surface area contributed by atoms with E-state index in [1.165, 1.54) is 5.56 Å². The van der Waals surface area contributed by atoms with E-state index >= 15 is 0 Å². The van der Waals surface area contributed by atoms with Crippen LogP contribution in [0, 0.1) is 0 Å². The van der Waals surface area contributed by atoms with E-state index in [1.807, 2.05) is 0 Å². The summed E-state index contributed by atoms with van der Waals surface area (Å²) in [4.78, 5) is 12.4. The molecule has 2 aromatic rings. The third-order valence-electron chi connectivity index (χ3n) is 3.45. The van der Waals surface area contributed by atoms with E-state index in [0.717, 1.165) is 55.2 Å². The second-order valence-corrected chi connectivity index (χ2v) is 5.70. The fourth-order valence-corrected chi connectivity index (χ4v) is 3.45. The molecular weight excluding hydrogens is 258 g/mol. The smallest absolute Gasteiger partial charge is 0.228 e. The molecule has 0 radical (unpaired) electrons. The van der Waals surface area contributed by atoms with Crippen molar-refractivity contribution in [2.24, 2.45) is 0 Å². The second kappa shape index (κ2) is 5.30. The van der Waals surface area contributed by atoms with Gasteiger partial charge in [-0.1, -0.05) is 13.3 Å². The highest BCUT2D eigenvalue weighted by atomic mass is 32.1. The monoisotopic (exact) mass is 277 g/mol. The number of aromatic nitrogens is 2. The molecule has 102 valence electrons. The Kier molecular flexibility index (Phi) is 3.52. The van der Waals surface area contributed by atoms with Crippen molar-refractivity contribution in [1.82, 2.24) is 15.3 Å². The van der Waals surface area contributed by atoms with Crippen LogP contribution in [0.25, 0.3) is 10.2 Å². The Labute approximate surface area is 116 Å². The zero-order valence-electron chi connectivity index (χ0n) is 11.1. The van der Waals surface area contributed by atoms with Gasteiger partial charge in [-0.25, -0.2) is 4.98 Å². The summed E-state index contributed by atoms with van der Waals surface area (Å²) < 4.78 is 0. The van der Waals surface area contributed by atoms with Gasteiger partial charge in [0, 0.05) is 26.2 Å². The van der Waals surface area contributed by atoms with Gasteiger partial charge < -0.3 is 16.0 Å². The number of thiophene rings is 1. The van der Waals surface area contributed by atoms with Crippen LogP contribution in [0.5, 0.6) is 0 Å². The second-order valence-electron chi connectivity index (χ2n) is 4.84. The molecule has 6 heteroatoms. The quantitative estimate of drug-likeness (QED) is 0.892. The summed E-state index contributed by atoms with van der Waals surface area (Å²) in [5.41, 5.74) is 7.44. The summed E-state index contributed by atoms with van der Waals surface area (Å²) in [6, 6.07) is 0. The van der Waals surface area contributed by atoms with Crippen molar-refractivity contribution in [1.29, 1.82) is 0 Å². The minimum Gasteiger partial charge on any atom is -0.383 e. The van der Waals surface area contributed by atoms with Crippen molar-refractivity contribution in [3.8, 4) is 0 Å². The minimum absolute atomic E-state index is 0.628. The van der Waals surface area contributed by atoms with E-state index in [-0.39, 0.29) is 0 Å². The number of fused-ring (bicyclic) bond motifs is 1. The van der Waals surface area contributed by atoms with Crippen LogP contribution in [0.4, 0.5) is 11.8 Å². The maximum Gasteiger partial charge on any atom is 0.228 e. The van der Waals surface area contributed by atoms with Crippen molar-refractivity contribution in [2.45, 2.75) is 19.8 Å². The molecule has 0 unspecified atom stereocenters. The van der Waals surface area contributed by atoms with Gasteiger partial charge in [0.15, 0.2) is 0 Å². The Bertz CT molecular complexity index is 574. The molecule has 1 aliphatic heterocycles. The molecular formula is C13H19N5S. The molecule has 1 fully saturated rings. The molecule has 19 heavy (non-hydrogen) atoms. The van der Waals surface area contributed by atoms with E-state index in [2.05, 4.69) is 32.5 Å². The van der Waals surface area contributed by atoms with Gasteiger partial charge in [-0.2, -0.15) is 4.98 Å². The van der Waals surface area contributed by atoms with Crippen molar-refractivity contribution in [2.75, 3.05) is 36.8 Å². The molecule has 0 bridgehead atoms. The van der Waals surface area contributed by atoms with Crippen LogP contribution in [0.2, 0.25) is 0 Å². The van der Waals surface area contributed by atoms with Crippen molar-refractivity contribution < 1.29 is 0 Å². The summed E-state index contributed by atoms with van der Waals surface area (Å²) in [6.45, 7) is 6.02. The van der Waals surface area contributed by atoms with Crippen LogP contribution in [0.15, 0.2) is 5.38 Å². The van der Waals surface area contributed by atoms with Crippen LogP contribution in [0.1, 0.15) is 18.9 Å². The zero-order chi connectivity index (χ0) is 13.2. The maximum absolute atomic E-state index is 6.15. The number of nitrogen functional groups attached to an aromatic ring is 1. The maximum atomic E-state index is 6.15. The normalized spacial score (nSPS) is 16.2. The summed E-state index contributed by atoms with van der Waals surface area (Å²) >= 11 is 1.67.